The van der Waals surface area contributed by atoms with Gasteiger partial charge < -0.3 is 9.64 Å². The first kappa shape index (κ1) is 34.6. The zero-order chi connectivity index (χ0) is 30.7. The molecule has 39 heavy (non-hydrogen) atoms. The van der Waals surface area contributed by atoms with Crippen molar-refractivity contribution < 1.29 is 57.8 Å². The number of anilines is 1. The van der Waals surface area contributed by atoms with Gasteiger partial charge in [-0.1, -0.05) is 51.0 Å². The third kappa shape index (κ3) is 6.04. The largest absolute Gasteiger partial charge is 0.434 e. The second-order valence-corrected chi connectivity index (χ2v) is 9.40. The number of alkyl halides is 11. The number of carbonyl (C=O) groups is 1. The Morgan fingerprint density at radius 1 is 0.846 bits per heavy atom. The third-order valence-electron chi connectivity index (χ3n) is 6.35. The smallest absolute Gasteiger partial charge is 0.307 e. The predicted molar refractivity (Wildman–Crippen MR) is 123 cm³/mol. The number of halogens is 11. The second kappa shape index (κ2) is 11.6. The number of ether oxygens (including phenoxy) is 1. The van der Waals surface area contributed by atoms with Crippen LogP contribution in [0.1, 0.15) is 53.4 Å². The molecule has 0 fully saturated rings. The molecule has 0 N–H and O–H groups in total. The number of para-hydroxylation sites is 1. The summed E-state index contributed by atoms with van der Waals surface area (Å²) in [5.74, 6) is -2.54. The van der Waals surface area contributed by atoms with Gasteiger partial charge >= 0.3 is 29.8 Å². The van der Waals surface area contributed by atoms with Crippen molar-refractivity contribution in [3.63, 3.8) is 0 Å². The molecule has 0 aliphatic heterocycles. The molecule has 0 radical (unpaired) electrons. The van der Waals surface area contributed by atoms with Crippen LogP contribution in [-0.4, -0.2) is 53.5 Å². The summed E-state index contributed by atoms with van der Waals surface area (Å²) in [7, 11) is 0. The standard InChI is InChI=1S/C25H30F11NO2/c1-6-14-19(4,26)22(28,24(32,33)34)25(35,36)39-20(5,15-7-2)21(27,23(29,30)31)18(38)37(16-8-3)17-12-10-9-11-13-17/h8-13H,3,6-7,14-16H2,1-2,4-5H3. The van der Waals surface area contributed by atoms with E-state index in [1.165, 1.54) is 18.2 Å². The van der Waals surface area contributed by atoms with E-state index in [9.17, 15) is 35.5 Å². The topological polar surface area (TPSA) is 29.5 Å². The highest BCUT2D eigenvalue weighted by Crippen LogP contribution is 2.58. The van der Waals surface area contributed by atoms with Crippen LogP contribution in [0.4, 0.5) is 54.0 Å². The number of rotatable bonds is 13. The van der Waals surface area contributed by atoms with Gasteiger partial charge in [0.05, 0.1) is 0 Å². The van der Waals surface area contributed by atoms with E-state index in [-0.39, 0.29) is 24.4 Å². The zero-order valence-electron chi connectivity index (χ0n) is 21.6. The van der Waals surface area contributed by atoms with Crippen molar-refractivity contribution in [2.24, 2.45) is 0 Å². The summed E-state index contributed by atoms with van der Waals surface area (Å²) >= 11 is 0. The Kier molecular flexibility index (Phi) is 10.3. The molecule has 1 rings (SSSR count). The van der Waals surface area contributed by atoms with Gasteiger partial charge in [0.25, 0.3) is 5.91 Å². The van der Waals surface area contributed by atoms with Gasteiger partial charge in [-0.2, -0.15) is 35.1 Å². The average Bonchev–Trinajstić information content (AvgIpc) is 2.79. The second-order valence-electron chi connectivity index (χ2n) is 9.40. The lowest BCUT2D eigenvalue weighted by atomic mass is 9.78. The summed E-state index contributed by atoms with van der Waals surface area (Å²) in [6, 6.07) is 6.03. The molecule has 224 valence electrons. The molecule has 0 bridgehead atoms. The fourth-order valence-electron chi connectivity index (χ4n) is 4.41. The van der Waals surface area contributed by atoms with Gasteiger partial charge in [-0.25, -0.2) is 13.2 Å². The van der Waals surface area contributed by atoms with Gasteiger partial charge in [-0.3, -0.25) is 4.79 Å². The summed E-state index contributed by atoms with van der Waals surface area (Å²) in [5, 5.41) is 0. The zero-order valence-corrected chi connectivity index (χ0v) is 21.6. The van der Waals surface area contributed by atoms with E-state index in [1.54, 1.807) is 0 Å². The van der Waals surface area contributed by atoms with Crippen molar-refractivity contribution in [2.75, 3.05) is 11.4 Å². The van der Waals surface area contributed by atoms with E-state index < -0.39 is 79.2 Å². The number of hydrogen-bond donors (Lipinski definition) is 0. The monoisotopic (exact) mass is 585 g/mol. The van der Waals surface area contributed by atoms with Crippen LogP contribution in [0.25, 0.3) is 0 Å². The van der Waals surface area contributed by atoms with Crippen LogP contribution in [0.15, 0.2) is 43.0 Å². The molecule has 4 unspecified atom stereocenters. The molecule has 1 amide bonds. The molecule has 0 spiro atoms. The normalized spacial score (nSPS) is 19.3. The molecule has 0 heterocycles. The maximum absolute atomic E-state index is 16.3. The first-order chi connectivity index (χ1) is 17.5. The molecule has 0 aliphatic rings. The number of amides is 1. The Bertz CT molecular complexity index is 980. The first-order valence-corrected chi connectivity index (χ1v) is 11.8. The van der Waals surface area contributed by atoms with Gasteiger partial charge in [0.15, 0.2) is 5.67 Å². The Hall–Kier alpha value is -2.38. The highest BCUT2D eigenvalue weighted by Gasteiger charge is 2.84. The molecule has 0 saturated heterocycles. The molecular formula is C25H30F11NO2. The molecule has 3 nitrogen and oxygen atoms in total. The summed E-state index contributed by atoms with van der Waals surface area (Å²) < 4.78 is 165. The minimum atomic E-state index is -6.73. The van der Waals surface area contributed by atoms with Crippen molar-refractivity contribution in [1.82, 2.24) is 0 Å². The Labute approximate surface area is 219 Å². The van der Waals surface area contributed by atoms with Crippen molar-refractivity contribution in [2.45, 2.75) is 94.4 Å². The fraction of sp³-hybridized carbons (Fsp3) is 0.640. The van der Waals surface area contributed by atoms with Crippen LogP contribution >= 0.6 is 0 Å². The Morgan fingerprint density at radius 2 is 1.33 bits per heavy atom. The van der Waals surface area contributed by atoms with Gasteiger partial charge in [0.2, 0.25) is 0 Å². The molecule has 14 heteroatoms. The van der Waals surface area contributed by atoms with Crippen LogP contribution in [0, 0.1) is 0 Å². The van der Waals surface area contributed by atoms with E-state index in [0.29, 0.717) is 0 Å². The minimum absolute atomic E-state index is 0.0287. The van der Waals surface area contributed by atoms with Gasteiger partial charge in [0.1, 0.15) is 5.60 Å². The number of hydrogen-bond acceptors (Lipinski definition) is 2. The molecule has 1 aromatic rings. The molecule has 1 aromatic carbocycles. The van der Waals surface area contributed by atoms with Crippen LogP contribution in [0.2, 0.25) is 0 Å². The lowest BCUT2D eigenvalue weighted by molar-refractivity contribution is -0.443. The predicted octanol–water partition coefficient (Wildman–Crippen LogP) is 8.44. The van der Waals surface area contributed by atoms with Crippen LogP contribution < -0.4 is 4.90 Å². The number of carbonyl (C=O) groups excluding carboxylic acids is 1. The Morgan fingerprint density at radius 3 is 1.72 bits per heavy atom. The van der Waals surface area contributed by atoms with Crippen LogP contribution in [0.3, 0.4) is 0 Å². The van der Waals surface area contributed by atoms with E-state index in [4.69, 9.17) is 0 Å². The maximum atomic E-state index is 16.3. The number of nitrogens with zero attached hydrogens (tertiary/aromatic N) is 1. The quantitative estimate of drug-likeness (QED) is 0.172. The fourth-order valence-corrected chi connectivity index (χ4v) is 4.41. The summed E-state index contributed by atoms with van der Waals surface area (Å²) in [4.78, 5) is 13.4. The lowest BCUT2D eigenvalue weighted by Gasteiger charge is -2.49. The molecule has 0 saturated carbocycles. The van der Waals surface area contributed by atoms with Crippen LogP contribution in [0.5, 0.6) is 0 Å². The summed E-state index contributed by atoms with van der Waals surface area (Å²) in [6.07, 6.45) is -22.8. The molecule has 0 aliphatic carbocycles. The van der Waals surface area contributed by atoms with Gasteiger partial charge in [-0.15, -0.1) is 6.58 Å². The van der Waals surface area contributed by atoms with Crippen LogP contribution in [-0.2, 0) is 9.53 Å². The first-order valence-electron chi connectivity index (χ1n) is 11.8. The third-order valence-corrected chi connectivity index (χ3v) is 6.35. The highest BCUT2D eigenvalue weighted by atomic mass is 19.4. The molecule has 4 atom stereocenters. The van der Waals surface area contributed by atoms with Crippen molar-refractivity contribution in [3.8, 4) is 0 Å². The summed E-state index contributed by atoms with van der Waals surface area (Å²) in [6.45, 7) is 4.34. The van der Waals surface area contributed by atoms with Gasteiger partial charge in [-0.05, 0) is 38.8 Å². The van der Waals surface area contributed by atoms with E-state index in [2.05, 4.69) is 11.3 Å². The van der Waals surface area contributed by atoms with Gasteiger partial charge in [0, 0.05) is 12.2 Å². The minimum Gasteiger partial charge on any atom is -0.307 e. The van der Waals surface area contributed by atoms with E-state index in [1.807, 2.05) is 0 Å². The summed E-state index contributed by atoms with van der Waals surface area (Å²) in [5.41, 5.74) is -20.7. The lowest BCUT2D eigenvalue weighted by Crippen LogP contribution is -2.73. The molecular weight excluding hydrogens is 555 g/mol. The average molecular weight is 585 g/mol. The van der Waals surface area contributed by atoms with Crippen molar-refractivity contribution in [1.29, 1.82) is 0 Å². The van der Waals surface area contributed by atoms with E-state index in [0.717, 1.165) is 32.1 Å². The van der Waals surface area contributed by atoms with Crippen molar-refractivity contribution in [3.05, 3.63) is 43.0 Å². The van der Waals surface area contributed by atoms with E-state index >= 15 is 17.6 Å². The number of benzene rings is 1. The molecule has 0 aromatic heterocycles. The maximum Gasteiger partial charge on any atom is 0.434 e. The van der Waals surface area contributed by atoms with Crippen molar-refractivity contribution >= 4 is 11.6 Å². The SMILES string of the molecule is C=CCN(C(=O)C(F)(C(F)(F)F)C(C)(CCC)OC(F)(F)C(F)(C(F)(F)F)C(C)(F)CCC)c1ccccc1. The Balaban J connectivity index is 3.96. The highest BCUT2D eigenvalue weighted by molar-refractivity contribution is 6.01.